The molecule has 0 saturated heterocycles. The number of nitrogens with zero attached hydrogens (tertiary/aromatic N) is 1. The Balaban J connectivity index is 4.95. The Morgan fingerprint density at radius 2 is 0.719 bits per heavy atom. The number of phosphoric acid groups is 1. The lowest BCUT2D eigenvalue weighted by Crippen LogP contribution is -2.47. The third-order valence-electron chi connectivity index (χ3n) is 16.8. The van der Waals surface area contributed by atoms with Gasteiger partial charge >= 0.3 is 5.97 Å². The molecule has 9 nitrogen and oxygen atoms in total. The van der Waals surface area contributed by atoms with Gasteiger partial charge in [-0.2, -0.15) is 0 Å². The molecule has 0 fully saturated rings. The fourth-order valence-electron chi connectivity index (χ4n) is 11.1. The predicted molar refractivity (Wildman–Crippen MR) is 385 cm³/mol. The third kappa shape index (κ3) is 69.4. The van der Waals surface area contributed by atoms with Crippen molar-refractivity contribution in [1.82, 2.24) is 5.32 Å². The number of unbranched alkanes of at least 4 members (excludes halogenated alkanes) is 41. The first-order valence-corrected chi connectivity index (χ1v) is 39.4. The molecule has 0 aromatic heterocycles. The van der Waals surface area contributed by atoms with Crippen molar-refractivity contribution >= 4 is 19.7 Å². The van der Waals surface area contributed by atoms with E-state index in [-0.39, 0.29) is 24.9 Å². The van der Waals surface area contributed by atoms with Gasteiger partial charge in [0.2, 0.25) is 5.91 Å². The summed E-state index contributed by atoms with van der Waals surface area (Å²) < 4.78 is 30.5. The van der Waals surface area contributed by atoms with Gasteiger partial charge in [-0.05, 0) is 83.1 Å². The highest BCUT2D eigenvalue weighted by molar-refractivity contribution is 7.45. The lowest BCUT2D eigenvalue weighted by molar-refractivity contribution is -0.870. The van der Waals surface area contributed by atoms with Crippen LogP contribution in [0.15, 0.2) is 85.1 Å². The highest BCUT2D eigenvalue weighted by Gasteiger charge is 2.27. The van der Waals surface area contributed by atoms with Gasteiger partial charge in [-0.25, -0.2) is 0 Å². The van der Waals surface area contributed by atoms with Crippen LogP contribution >= 0.6 is 7.82 Å². The average molecular weight is 1270 g/mol. The minimum atomic E-state index is -4.71. The highest BCUT2D eigenvalue weighted by Crippen LogP contribution is 2.38. The van der Waals surface area contributed by atoms with Crippen molar-refractivity contribution in [3.63, 3.8) is 0 Å². The summed E-state index contributed by atoms with van der Waals surface area (Å²) in [5.41, 5.74) is 0. The summed E-state index contributed by atoms with van der Waals surface area (Å²) in [4.78, 5) is 40.2. The fourth-order valence-corrected chi connectivity index (χ4v) is 11.8. The van der Waals surface area contributed by atoms with Crippen LogP contribution in [-0.2, 0) is 27.9 Å². The first kappa shape index (κ1) is 86.2. The molecule has 0 aromatic carbocycles. The Kier molecular flexibility index (Phi) is 65.9. The average Bonchev–Trinajstić information content (AvgIpc) is 3.71. The van der Waals surface area contributed by atoms with Gasteiger partial charge in [0.1, 0.15) is 19.3 Å². The van der Waals surface area contributed by atoms with Crippen LogP contribution in [0.2, 0.25) is 0 Å². The molecule has 0 aliphatic rings. The van der Waals surface area contributed by atoms with Gasteiger partial charge in [0.15, 0.2) is 0 Å². The molecular weight excluding hydrogens is 1120 g/mol. The van der Waals surface area contributed by atoms with Gasteiger partial charge in [-0.15, -0.1) is 0 Å². The number of allylic oxidation sites excluding steroid dienone is 13. The van der Waals surface area contributed by atoms with E-state index < -0.39 is 26.6 Å². The van der Waals surface area contributed by atoms with E-state index in [1.54, 1.807) is 0 Å². The van der Waals surface area contributed by atoms with Crippen molar-refractivity contribution in [2.45, 2.75) is 367 Å². The summed E-state index contributed by atoms with van der Waals surface area (Å²) in [5, 5.41) is 3.05. The molecule has 0 aromatic rings. The number of phosphoric ester groups is 1. The molecule has 518 valence electrons. The Hall–Kier alpha value is -2.81. The molecule has 0 saturated carbocycles. The Morgan fingerprint density at radius 3 is 1.08 bits per heavy atom. The van der Waals surface area contributed by atoms with E-state index in [2.05, 4.69) is 99.0 Å². The van der Waals surface area contributed by atoms with Gasteiger partial charge in [0, 0.05) is 12.8 Å². The molecule has 3 atom stereocenters. The van der Waals surface area contributed by atoms with E-state index in [1.807, 2.05) is 33.3 Å². The van der Waals surface area contributed by atoms with Gasteiger partial charge in [0.25, 0.3) is 7.82 Å². The lowest BCUT2D eigenvalue weighted by Gasteiger charge is -2.30. The quantitative estimate of drug-likeness (QED) is 0.0212. The maximum Gasteiger partial charge on any atom is 0.306 e. The zero-order valence-corrected chi connectivity index (χ0v) is 60.3. The summed E-state index contributed by atoms with van der Waals surface area (Å²) >= 11 is 0. The minimum Gasteiger partial charge on any atom is -0.756 e. The topological polar surface area (TPSA) is 114 Å². The monoisotopic (exact) mass is 1270 g/mol. The van der Waals surface area contributed by atoms with Crippen LogP contribution in [0.1, 0.15) is 355 Å². The van der Waals surface area contributed by atoms with Gasteiger partial charge in [-0.1, -0.05) is 344 Å². The molecule has 0 rings (SSSR count). The lowest BCUT2D eigenvalue weighted by atomic mass is 10.0. The number of hydrogen-bond donors (Lipinski definition) is 1. The van der Waals surface area contributed by atoms with Crippen LogP contribution in [0.3, 0.4) is 0 Å². The van der Waals surface area contributed by atoms with Crippen molar-refractivity contribution in [2.75, 3.05) is 40.9 Å². The van der Waals surface area contributed by atoms with Crippen LogP contribution < -0.4 is 10.2 Å². The molecule has 3 unspecified atom stereocenters. The molecule has 0 radical (unpaired) electrons. The fraction of sp³-hybridized carbons (Fsp3) is 0.797. The number of carbonyl (C=O) groups is 2. The number of likely N-dealkylation sites (N-methyl/N-ethyl adjacent to an activating group) is 1. The Morgan fingerprint density at radius 1 is 0.404 bits per heavy atom. The van der Waals surface area contributed by atoms with E-state index in [0.29, 0.717) is 17.4 Å². The van der Waals surface area contributed by atoms with Crippen LogP contribution in [0, 0.1) is 0 Å². The second-order valence-electron chi connectivity index (χ2n) is 26.8. The van der Waals surface area contributed by atoms with Crippen LogP contribution in [0.25, 0.3) is 0 Å². The summed E-state index contributed by atoms with van der Waals surface area (Å²) in [6.45, 7) is 6.77. The Labute approximate surface area is 552 Å². The maximum atomic E-state index is 13.6. The summed E-state index contributed by atoms with van der Waals surface area (Å²) in [5.74, 6) is -0.539. The number of esters is 1. The van der Waals surface area contributed by atoms with E-state index >= 15 is 0 Å². The zero-order chi connectivity index (χ0) is 64.9. The number of carbonyl (C=O) groups excluding carboxylic acids is 2. The molecule has 0 spiro atoms. The van der Waals surface area contributed by atoms with E-state index in [1.165, 1.54) is 212 Å². The van der Waals surface area contributed by atoms with Crippen molar-refractivity contribution < 1.29 is 37.3 Å². The first-order valence-electron chi connectivity index (χ1n) is 37.9. The second-order valence-corrected chi connectivity index (χ2v) is 28.2. The highest BCUT2D eigenvalue weighted by atomic mass is 31.2. The number of quaternary nitrogens is 1. The summed E-state index contributed by atoms with van der Waals surface area (Å²) in [7, 11) is 1.19. The molecule has 1 N–H and O–H groups in total. The normalized spacial score (nSPS) is 13.9. The number of ether oxygens (including phenoxy) is 1. The number of nitrogens with one attached hydrogen (secondary N) is 1. The van der Waals surface area contributed by atoms with Crippen molar-refractivity contribution in [3.8, 4) is 0 Å². The third-order valence-corrected chi connectivity index (χ3v) is 17.8. The van der Waals surface area contributed by atoms with E-state index in [9.17, 15) is 19.0 Å². The van der Waals surface area contributed by atoms with Gasteiger partial charge in [0.05, 0.1) is 33.8 Å². The van der Waals surface area contributed by atoms with Crippen molar-refractivity contribution in [1.29, 1.82) is 0 Å². The second kappa shape index (κ2) is 68.1. The van der Waals surface area contributed by atoms with Gasteiger partial charge < -0.3 is 28.5 Å². The molecule has 0 bridgehead atoms. The molecule has 1 amide bonds. The number of rotatable bonds is 69. The standard InChI is InChI=1S/C79H145N2O7P/c1-7-10-13-16-19-22-25-27-29-31-33-35-37-39-40-42-44-46-48-50-52-54-57-60-63-66-69-72-79(83)88-77(70-67-64-61-58-55-24-21-18-15-12-9-3)76(75-87-89(84,85)86-74-73-81(4,5)6)80-78(82)71-68-65-62-59-56-53-51-49-47-45-43-41-38-36-34-32-30-28-26-23-20-17-14-11-8-2/h10,13,19,22,27,29,33,35,39-40,44,46,67,70,76-77H,7-9,11-12,14-18,20-21,23-26,28,30-32,34,36-38,41-43,45,47-66,68-69,71-75H2,1-6H3,(H-,80,82,84,85)/b13-10-,22-19-,29-27-,35-33-,40-39-,46-44-,70-67+. The van der Waals surface area contributed by atoms with E-state index in [4.69, 9.17) is 13.8 Å². The largest absolute Gasteiger partial charge is 0.756 e. The van der Waals surface area contributed by atoms with Crippen LogP contribution in [0.5, 0.6) is 0 Å². The minimum absolute atomic E-state index is 0.0248. The van der Waals surface area contributed by atoms with Crippen molar-refractivity contribution in [3.05, 3.63) is 85.1 Å². The van der Waals surface area contributed by atoms with Crippen molar-refractivity contribution in [2.24, 2.45) is 0 Å². The maximum absolute atomic E-state index is 13.6. The van der Waals surface area contributed by atoms with Gasteiger partial charge in [-0.3, -0.25) is 14.2 Å². The molecule has 89 heavy (non-hydrogen) atoms. The van der Waals surface area contributed by atoms with E-state index in [0.717, 1.165) is 109 Å². The SMILES string of the molecule is CC/C=C\C/C=C\C/C=C\C/C=C\C/C=C\C/C=C\CCCCCCCCCCC(=O)OC(/C=C/CCCCCCCCCCC)C(COP(=O)([O-])OCC[N+](C)(C)C)NC(=O)CCCCCCCCCCCCCCCCCCCCCCCCCCC. The number of amides is 1. The summed E-state index contributed by atoms with van der Waals surface area (Å²) in [6.07, 6.45) is 91.5. The summed E-state index contributed by atoms with van der Waals surface area (Å²) in [6, 6.07) is -0.895. The predicted octanol–water partition coefficient (Wildman–Crippen LogP) is 23.8. The molecule has 0 aliphatic carbocycles. The smallest absolute Gasteiger partial charge is 0.306 e. The van der Waals surface area contributed by atoms with Crippen LogP contribution in [0.4, 0.5) is 0 Å². The zero-order valence-electron chi connectivity index (χ0n) is 59.4. The molecular formula is C79H145N2O7P. The molecule has 0 aliphatic heterocycles. The first-order chi connectivity index (χ1) is 43.4. The molecule has 0 heterocycles. The molecule has 10 heteroatoms. The Bertz CT molecular complexity index is 1800. The van der Waals surface area contributed by atoms with Crippen LogP contribution in [-0.4, -0.2) is 69.4 Å². The number of hydrogen-bond acceptors (Lipinski definition) is 7.